The molecule has 0 bridgehead atoms. The molecular formula is C16H31Cl3O10S. The van der Waals surface area contributed by atoms with Gasteiger partial charge in [0.2, 0.25) is 9.23 Å². The number of methoxy groups -OCH3 is 2. The van der Waals surface area contributed by atoms with Gasteiger partial charge in [0.1, 0.15) is 12.2 Å². The molecule has 14 heteroatoms. The second-order valence-corrected chi connectivity index (χ2v) is 9.59. The molecule has 2 aliphatic rings. The van der Waals surface area contributed by atoms with E-state index in [1.807, 2.05) is 0 Å². The van der Waals surface area contributed by atoms with Gasteiger partial charge in [-0.15, -0.1) is 11.6 Å². The zero-order chi connectivity index (χ0) is 23.6. The molecule has 2 fully saturated rings. The van der Waals surface area contributed by atoms with Crippen LogP contribution in [0.4, 0.5) is 0 Å². The Bertz CT molecular complexity index is 414. The fourth-order valence-corrected chi connectivity index (χ4v) is 3.27. The highest BCUT2D eigenvalue weighted by atomic mass is 36.0. The normalized spacial score (nSPS) is 41.4. The minimum Gasteiger partial charge on any atom is -0.394 e. The van der Waals surface area contributed by atoms with Gasteiger partial charge >= 0.3 is 0 Å². The number of ether oxygens (including phenoxy) is 4. The first kappa shape index (κ1) is 30.7. The van der Waals surface area contributed by atoms with E-state index in [0.717, 1.165) is 0 Å². The van der Waals surface area contributed by atoms with Gasteiger partial charge in [-0.25, -0.2) is 4.21 Å². The smallest absolute Gasteiger partial charge is 0.211 e. The van der Waals surface area contributed by atoms with Crippen molar-refractivity contribution >= 4 is 42.2 Å². The Balaban J connectivity index is 0.000000477. The molecule has 2 aliphatic heterocycles. The molecule has 2 rings (SSSR count). The minimum atomic E-state index is -1.67. The average molecular weight is 522 g/mol. The fraction of sp³-hybridized carbons (Fsp3) is 1.00. The highest BCUT2D eigenvalue weighted by Crippen LogP contribution is 2.27. The largest absolute Gasteiger partial charge is 0.394 e. The third-order valence-corrected chi connectivity index (χ3v) is 5.23. The topological polar surface area (TPSA) is 155 Å². The molecule has 182 valence electrons. The van der Waals surface area contributed by atoms with E-state index in [2.05, 4.69) is 21.4 Å². The van der Waals surface area contributed by atoms with Gasteiger partial charge in [-0.3, -0.25) is 0 Å². The van der Waals surface area contributed by atoms with Crippen molar-refractivity contribution in [1.29, 1.82) is 0 Å². The zero-order valence-electron chi connectivity index (χ0n) is 17.0. The van der Waals surface area contributed by atoms with Crippen LogP contribution in [0.3, 0.4) is 0 Å². The molecule has 0 radical (unpaired) electrons. The van der Waals surface area contributed by atoms with Gasteiger partial charge in [0, 0.05) is 53.3 Å². The van der Waals surface area contributed by atoms with Crippen LogP contribution in [0.5, 0.6) is 0 Å². The zero-order valence-corrected chi connectivity index (χ0v) is 20.1. The number of hydrogen-bond acceptors (Lipinski definition) is 10. The second-order valence-electron chi connectivity index (χ2n) is 6.76. The van der Waals surface area contributed by atoms with E-state index >= 15 is 0 Å². The van der Waals surface area contributed by atoms with Crippen molar-refractivity contribution in [2.24, 2.45) is 11.8 Å². The molecule has 0 amide bonds. The Morgan fingerprint density at radius 1 is 0.833 bits per heavy atom. The molecule has 2 heterocycles. The van der Waals surface area contributed by atoms with Crippen LogP contribution in [-0.2, 0) is 28.2 Å². The first-order valence-electron chi connectivity index (χ1n) is 8.96. The predicted octanol–water partition coefficient (Wildman–Crippen LogP) is -0.295. The summed E-state index contributed by atoms with van der Waals surface area (Å²) in [6.45, 7) is 3.30. The lowest BCUT2D eigenvalue weighted by Gasteiger charge is -2.40. The monoisotopic (exact) mass is 520 g/mol. The first-order chi connectivity index (χ1) is 14.0. The molecule has 2 saturated heterocycles. The summed E-state index contributed by atoms with van der Waals surface area (Å²) in [7, 11) is 10.2. The molecule has 0 aromatic heterocycles. The molecule has 0 aromatic carbocycles. The van der Waals surface area contributed by atoms with Gasteiger partial charge in [-0.1, -0.05) is 13.8 Å². The van der Waals surface area contributed by atoms with Gasteiger partial charge in [-0.05, 0) is 0 Å². The van der Waals surface area contributed by atoms with Gasteiger partial charge in [0.25, 0.3) is 0 Å². The van der Waals surface area contributed by atoms with Crippen LogP contribution >= 0.6 is 33.0 Å². The minimum absolute atomic E-state index is 0.182. The number of rotatable bonds is 4. The maximum Gasteiger partial charge on any atom is 0.211 e. The number of halogens is 3. The van der Waals surface area contributed by atoms with Crippen LogP contribution in [0, 0.1) is 11.8 Å². The molecule has 30 heavy (non-hydrogen) atoms. The number of hydrogen-bond donors (Lipinski definition) is 5. The summed E-state index contributed by atoms with van der Waals surface area (Å²) >= 11 is 5.64. The summed E-state index contributed by atoms with van der Waals surface area (Å²) in [5.74, 6) is -0.199. The number of aliphatic hydroxyl groups is 5. The summed E-state index contributed by atoms with van der Waals surface area (Å²) in [5, 5.41) is 46.9. The quantitative estimate of drug-likeness (QED) is 0.246. The van der Waals surface area contributed by atoms with Crippen LogP contribution in [0.25, 0.3) is 0 Å². The summed E-state index contributed by atoms with van der Waals surface area (Å²) in [6.07, 6.45) is -6.22. The fourth-order valence-electron chi connectivity index (χ4n) is 2.91. The second kappa shape index (κ2) is 15.5. The van der Waals surface area contributed by atoms with E-state index in [1.54, 1.807) is 13.8 Å². The Morgan fingerprint density at radius 3 is 1.47 bits per heavy atom. The van der Waals surface area contributed by atoms with E-state index in [0.29, 0.717) is 0 Å². The SMILES string of the molecule is COC1OC(CCl)C(C)C(O)C1O.COC1OC(CO)C(C)C(O)C1O.O=S(Cl)Cl. The molecule has 10 nitrogen and oxygen atoms in total. The van der Waals surface area contributed by atoms with E-state index in [9.17, 15) is 20.4 Å². The number of alkyl halides is 1. The van der Waals surface area contributed by atoms with Gasteiger partial charge < -0.3 is 44.5 Å². The average Bonchev–Trinajstić information content (AvgIpc) is 2.71. The summed E-state index contributed by atoms with van der Waals surface area (Å²) < 4.78 is 29.3. The Hall–Kier alpha value is 0.660. The Morgan fingerprint density at radius 2 is 1.17 bits per heavy atom. The van der Waals surface area contributed by atoms with Crippen molar-refractivity contribution < 1.29 is 48.7 Å². The van der Waals surface area contributed by atoms with Gasteiger partial charge in [-0.2, -0.15) is 0 Å². The van der Waals surface area contributed by atoms with Crippen molar-refractivity contribution in [2.45, 2.75) is 63.1 Å². The van der Waals surface area contributed by atoms with Crippen LogP contribution in [0.15, 0.2) is 0 Å². The summed E-state index contributed by atoms with van der Waals surface area (Å²) in [6, 6.07) is 0. The van der Waals surface area contributed by atoms with E-state index in [-0.39, 0.29) is 30.4 Å². The summed E-state index contributed by atoms with van der Waals surface area (Å²) in [5.41, 5.74) is 0. The standard InChI is InChI=1S/C8H15ClO4.C8H16O5.Cl2OS/c2*1-4-5(3-9)13-8(12-2)7(11)6(4)10;1-4(2)3/h4-8,10-11H,3H2,1-2H3;4-11H,3H2,1-2H3;. The lowest BCUT2D eigenvalue weighted by molar-refractivity contribution is -0.280. The molecule has 0 saturated carbocycles. The lowest BCUT2D eigenvalue weighted by Crippen LogP contribution is -2.55. The van der Waals surface area contributed by atoms with Gasteiger partial charge in [0.15, 0.2) is 12.6 Å². The van der Waals surface area contributed by atoms with Crippen molar-refractivity contribution in [3.63, 3.8) is 0 Å². The van der Waals surface area contributed by atoms with E-state index in [1.165, 1.54) is 14.2 Å². The Labute approximate surface area is 192 Å². The summed E-state index contributed by atoms with van der Waals surface area (Å²) in [4.78, 5) is 0. The van der Waals surface area contributed by atoms with Crippen LogP contribution in [0.2, 0.25) is 0 Å². The molecule has 10 unspecified atom stereocenters. The maximum absolute atomic E-state index is 9.58. The molecule has 10 atom stereocenters. The van der Waals surface area contributed by atoms with Crippen molar-refractivity contribution in [3.05, 3.63) is 0 Å². The van der Waals surface area contributed by atoms with Crippen LogP contribution < -0.4 is 0 Å². The highest BCUT2D eigenvalue weighted by molar-refractivity contribution is 8.26. The van der Waals surface area contributed by atoms with E-state index < -0.39 is 52.3 Å². The predicted molar refractivity (Wildman–Crippen MR) is 111 cm³/mol. The van der Waals surface area contributed by atoms with E-state index in [4.69, 9.17) is 39.9 Å². The molecule has 0 spiro atoms. The third kappa shape index (κ3) is 9.26. The van der Waals surface area contributed by atoms with Crippen LogP contribution in [-0.4, -0.2) is 106 Å². The number of aliphatic hydroxyl groups excluding tert-OH is 5. The van der Waals surface area contributed by atoms with Crippen molar-refractivity contribution in [2.75, 3.05) is 26.7 Å². The Kier molecular flexibility index (Phi) is 15.8. The molecule has 0 aromatic rings. The van der Waals surface area contributed by atoms with Crippen molar-refractivity contribution in [3.8, 4) is 0 Å². The molecule has 0 aliphatic carbocycles. The molecule has 5 N–H and O–H groups in total. The first-order valence-corrected chi connectivity index (χ1v) is 12.3. The lowest BCUT2D eigenvalue weighted by atomic mass is 9.91. The molecular weight excluding hydrogens is 491 g/mol. The highest BCUT2D eigenvalue weighted by Gasteiger charge is 2.42. The van der Waals surface area contributed by atoms with Crippen molar-refractivity contribution in [1.82, 2.24) is 0 Å². The van der Waals surface area contributed by atoms with Gasteiger partial charge in [0.05, 0.1) is 31.0 Å². The maximum atomic E-state index is 9.58. The van der Waals surface area contributed by atoms with Crippen LogP contribution in [0.1, 0.15) is 13.8 Å². The third-order valence-electron chi connectivity index (χ3n) is 4.92.